The first kappa shape index (κ1) is 20.7. The van der Waals surface area contributed by atoms with Gasteiger partial charge in [-0.25, -0.2) is 0 Å². The summed E-state index contributed by atoms with van der Waals surface area (Å²) in [5.74, 6) is -0.110. The molecular weight excluding hydrogens is 336 g/mol. The number of benzene rings is 2. The summed E-state index contributed by atoms with van der Waals surface area (Å²) < 4.78 is 0. The molecular formula is C23H30N2O2. The number of nitrogens with one attached hydrogen (secondary N) is 1. The fraction of sp³-hybridized carbons (Fsp3) is 0.391. The highest BCUT2D eigenvalue weighted by Crippen LogP contribution is 2.12. The molecule has 4 nitrogen and oxygen atoms in total. The maximum atomic E-state index is 12.7. The van der Waals surface area contributed by atoms with Crippen molar-refractivity contribution in [1.29, 1.82) is 0 Å². The Bertz CT molecular complexity index is 726. The second kappa shape index (κ2) is 10.5. The van der Waals surface area contributed by atoms with Crippen LogP contribution in [0.1, 0.15) is 44.2 Å². The molecule has 1 atom stereocenters. The molecule has 0 aliphatic rings. The molecule has 0 spiro atoms. The van der Waals surface area contributed by atoms with Crippen LogP contribution in [0.25, 0.3) is 0 Å². The lowest BCUT2D eigenvalue weighted by molar-refractivity contribution is -0.138. The van der Waals surface area contributed by atoms with E-state index in [2.05, 4.69) is 36.5 Å². The lowest BCUT2D eigenvalue weighted by Gasteiger charge is -2.28. The molecule has 2 rings (SSSR count). The summed E-state index contributed by atoms with van der Waals surface area (Å²) in [7, 11) is 0. The fourth-order valence-electron chi connectivity index (χ4n) is 3.03. The molecule has 1 N–H and O–H groups in total. The monoisotopic (exact) mass is 366 g/mol. The molecule has 0 fully saturated rings. The van der Waals surface area contributed by atoms with E-state index in [1.165, 1.54) is 11.1 Å². The number of hydrogen-bond donors (Lipinski definition) is 1. The Labute approximate surface area is 162 Å². The van der Waals surface area contributed by atoms with Gasteiger partial charge in [-0.3, -0.25) is 9.59 Å². The third kappa shape index (κ3) is 6.55. The van der Waals surface area contributed by atoms with E-state index in [0.29, 0.717) is 13.0 Å². The van der Waals surface area contributed by atoms with E-state index in [-0.39, 0.29) is 11.8 Å². The second-order valence-corrected chi connectivity index (χ2v) is 6.96. The van der Waals surface area contributed by atoms with Gasteiger partial charge in [-0.15, -0.1) is 0 Å². The Morgan fingerprint density at radius 3 is 2.33 bits per heavy atom. The van der Waals surface area contributed by atoms with Crippen LogP contribution in [0.4, 0.5) is 5.69 Å². The van der Waals surface area contributed by atoms with Crippen LogP contribution < -0.4 is 5.32 Å². The fourth-order valence-corrected chi connectivity index (χ4v) is 3.03. The summed E-state index contributed by atoms with van der Waals surface area (Å²) in [6.45, 7) is 6.48. The molecule has 0 aliphatic heterocycles. The number of anilines is 1. The highest BCUT2D eigenvalue weighted by atomic mass is 16.2. The SMILES string of the molecule is CCCN(C(=O)CCCc1ccc(C)cc1)C(C)C(=O)Nc1ccccc1. The molecule has 0 radical (unpaired) electrons. The van der Waals surface area contributed by atoms with Gasteiger partial charge in [-0.1, -0.05) is 55.0 Å². The van der Waals surface area contributed by atoms with Crippen molar-refractivity contribution >= 4 is 17.5 Å². The number of rotatable bonds is 9. The summed E-state index contributed by atoms with van der Waals surface area (Å²) in [5.41, 5.74) is 3.23. The summed E-state index contributed by atoms with van der Waals surface area (Å²) in [6.07, 6.45) is 2.94. The summed E-state index contributed by atoms with van der Waals surface area (Å²) in [4.78, 5) is 27.0. The zero-order valence-electron chi connectivity index (χ0n) is 16.6. The van der Waals surface area contributed by atoms with Crippen LogP contribution in [0.2, 0.25) is 0 Å². The van der Waals surface area contributed by atoms with Crippen LogP contribution in [-0.4, -0.2) is 29.3 Å². The summed E-state index contributed by atoms with van der Waals surface area (Å²) >= 11 is 0. The van der Waals surface area contributed by atoms with Gasteiger partial charge in [0.1, 0.15) is 6.04 Å². The predicted molar refractivity (Wildman–Crippen MR) is 111 cm³/mol. The van der Waals surface area contributed by atoms with Crippen LogP contribution in [0, 0.1) is 6.92 Å². The van der Waals surface area contributed by atoms with Gasteiger partial charge in [-0.2, -0.15) is 0 Å². The van der Waals surface area contributed by atoms with Crippen molar-refractivity contribution in [2.75, 3.05) is 11.9 Å². The predicted octanol–water partition coefficient (Wildman–Crippen LogP) is 4.58. The number of amides is 2. The largest absolute Gasteiger partial charge is 0.331 e. The second-order valence-electron chi connectivity index (χ2n) is 6.96. The Balaban J connectivity index is 1.90. The number of carbonyl (C=O) groups is 2. The van der Waals surface area contributed by atoms with E-state index >= 15 is 0 Å². The van der Waals surface area contributed by atoms with Crippen molar-refractivity contribution in [3.8, 4) is 0 Å². The van der Waals surface area contributed by atoms with Crippen molar-refractivity contribution in [2.45, 2.75) is 52.5 Å². The molecule has 0 aromatic heterocycles. The van der Waals surface area contributed by atoms with E-state index < -0.39 is 6.04 Å². The van der Waals surface area contributed by atoms with Crippen molar-refractivity contribution in [2.24, 2.45) is 0 Å². The molecule has 0 aliphatic carbocycles. The number of para-hydroxylation sites is 1. The molecule has 144 valence electrons. The molecule has 0 bridgehead atoms. The maximum Gasteiger partial charge on any atom is 0.246 e. The van der Waals surface area contributed by atoms with Gasteiger partial charge < -0.3 is 10.2 Å². The smallest absolute Gasteiger partial charge is 0.246 e. The molecule has 0 saturated carbocycles. The van der Waals surface area contributed by atoms with E-state index in [9.17, 15) is 9.59 Å². The molecule has 0 saturated heterocycles. The van der Waals surface area contributed by atoms with Crippen LogP contribution >= 0.6 is 0 Å². The molecule has 4 heteroatoms. The molecule has 0 heterocycles. The molecule has 2 aromatic rings. The maximum absolute atomic E-state index is 12.7. The van der Waals surface area contributed by atoms with Crippen LogP contribution in [0.3, 0.4) is 0 Å². The first-order chi connectivity index (χ1) is 13.0. The third-order valence-corrected chi connectivity index (χ3v) is 4.65. The van der Waals surface area contributed by atoms with E-state index in [0.717, 1.165) is 24.9 Å². The number of nitrogens with zero attached hydrogens (tertiary/aromatic N) is 1. The van der Waals surface area contributed by atoms with Crippen LogP contribution in [0.5, 0.6) is 0 Å². The molecule has 27 heavy (non-hydrogen) atoms. The quantitative estimate of drug-likeness (QED) is 0.706. The minimum absolute atomic E-state index is 0.0414. The van der Waals surface area contributed by atoms with Crippen molar-refractivity contribution in [3.05, 3.63) is 65.7 Å². The van der Waals surface area contributed by atoms with E-state index in [4.69, 9.17) is 0 Å². The summed E-state index contributed by atoms with van der Waals surface area (Å²) in [6, 6.07) is 17.3. The Morgan fingerprint density at radius 1 is 1.04 bits per heavy atom. The zero-order chi connectivity index (χ0) is 19.6. The van der Waals surface area contributed by atoms with Gasteiger partial charge in [-0.05, 0) is 50.8 Å². The normalized spacial score (nSPS) is 11.7. The first-order valence-corrected chi connectivity index (χ1v) is 9.72. The van der Waals surface area contributed by atoms with E-state index in [1.807, 2.05) is 37.3 Å². The van der Waals surface area contributed by atoms with Crippen LogP contribution in [0.15, 0.2) is 54.6 Å². The average molecular weight is 367 g/mol. The average Bonchev–Trinajstić information content (AvgIpc) is 2.67. The number of aryl methyl sites for hydroxylation is 2. The Morgan fingerprint density at radius 2 is 1.70 bits per heavy atom. The highest BCUT2D eigenvalue weighted by molar-refractivity contribution is 5.96. The number of hydrogen-bond acceptors (Lipinski definition) is 2. The molecule has 2 amide bonds. The lowest BCUT2D eigenvalue weighted by atomic mass is 10.1. The third-order valence-electron chi connectivity index (χ3n) is 4.65. The van der Waals surface area contributed by atoms with Crippen LogP contribution in [-0.2, 0) is 16.0 Å². The van der Waals surface area contributed by atoms with Gasteiger partial charge in [0.05, 0.1) is 0 Å². The lowest BCUT2D eigenvalue weighted by Crippen LogP contribution is -2.46. The van der Waals surface area contributed by atoms with E-state index in [1.54, 1.807) is 11.8 Å². The minimum Gasteiger partial charge on any atom is -0.331 e. The van der Waals surface area contributed by atoms with Gasteiger partial charge in [0.15, 0.2) is 0 Å². The van der Waals surface area contributed by atoms with Gasteiger partial charge >= 0.3 is 0 Å². The Kier molecular flexibility index (Phi) is 8.05. The zero-order valence-corrected chi connectivity index (χ0v) is 16.6. The molecule has 1 unspecified atom stereocenters. The van der Waals surface area contributed by atoms with Gasteiger partial charge in [0, 0.05) is 18.7 Å². The number of carbonyl (C=O) groups excluding carboxylic acids is 2. The topological polar surface area (TPSA) is 49.4 Å². The van der Waals surface area contributed by atoms with Gasteiger partial charge in [0.2, 0.25) is 11.8 Å². The summed E-state index contributed by atoms with van der Waals surface area (Å²) in [5, 5.41) is 2.89. The first-order valence-electron chi connectivity index (χ1n) is 9.72. The highest BCUT2D eigenvalue weighted by Gasteiger charge is 2.24. The minimum atomic E-state index is -0.489. The van der Waals surface area contributed by atoms with Crippen molar-refractivity contribution in [1.82, 2.24) is 4.90 Å². The van der Waals surface area contributed by atoms with Gasteiger partial charge in [0.25, 0.3) is 0 Å². The standard InChI is InChI=1S/C23H30N2O2/c1-4-17-25(19(3)23(27)24-21-10-6-5-7-11-21)22(26)12-8-9-20-15-13-18(2)14-16-20/h5-7,10-11,13-16,19H,4,8-9,12,17H2,1-3H3,(H,24,27). The Hall–Kier alpha value is -2.62. The van der Waals surface area contributed by atoms with Crippen molar-refractivity contribution < 1.29 is 9.59 Å². The van der Waals surface area contributed by atoms with Crippen molar-refractivity contribution in [3.63, 3.8) is 0 Å². The molecule has 2 aromatic carbocycles.